The molecule has 0 amide bonds. The largest absolute Gasteiger partial charge is 0.507 e. The first kappa shape index (κ1) is 24.4. The SMILES string of the molecule is CCN(CC)C(O)CSc1c(-c2cc(Cl)ccc2O)c2cc(C(F)(F)F)ccc2[nH]c1=O. The molecule has 32 heavy (non-hydrogen) atoms. The van der Waals surface area contributed by atoms with Gasteiger partial charge in [-0.15, -0.1) is 11.8 Å². The Hall–Kier alpha value is -2.20. The Morgan fingerprint density at radius 2 is 1.84 bits per heavy atom. The number of rotatable bonds is 7. The van der Waals surface area contributed by atoms with Crippen molar-refractivity contribution in [1.82, 2.24) is 9.88 Å². The average Bonchev–Trinajstić information content (AvgIpc) is 2.73. The number of fused-ring (bicyclic) bond motifs is 1. The van der Waals surface area contributed by atoms with Crippen LogP contribution in [0.4, 0.5) is 13.2 Å². The first-order valence-corrected chi connectivity index (χ1v) is 11.2. The van der Waals surface area contributed by atoms with Gasteiger partial charge in [-0.1, -0.05) is 25.4 Å². The lowest BCUT2D eigenvalue weighted by molar-refractivity contribution is -0.137. The van der Waals surface area contributed by atoms with Gasteiger partial charge in [0.1, 0.15) is 12.0 Å². The van der Waals surface area contributed by atoms with Crippen molar-refractivity contribution < 1.29 is 23.4 Å². The van der Waals surface area contributed by atoms with Crippen LogP contribution in [-0.2, 0) is 6.18 Å². The standard InChI is InChI=1S/C22H22ClF3N2O3S/c1-3-28(4-2)18(30)11-32-20-19(15-10-13(23)6-8-17(15)29)14-9-12(22(24,25)26)5-7-16(14)27-21(20)31/h5-10,18,29-30H,3-4,11H2,1-2H3,(H,27,31). The summed E-state index contributed by atoms with van der Waals surface area (Å²) in [7, 11) is 0. The van der Waals surface area contributed by atoms with E-state index in [2.05, 4.69) is 4.98 Å². The van der Waals surface area contributed by atoms with Crippen LogP contribution in [-0.4, -0.2) is 45.2 Å². The molecule has 2 aromatic carbocycles. The number of nitrogens with zero attached hydrogens (tertiary/aromatic N) is 1. The van der Waals surface area contributed by atoms with E-state index >= 15 is 0 Å². The van der Waals surface area contributed by atoms with Crippen LogP contribution in [0.5, 0.6) is 5.75 Å². The molecule has 5 nitrogen and oxygen atoms in total. The van der Waals surface area contributed by atoms with Crippen LogP contribution in [0.1, 0.15) is 19.4 Å². The average molecular weight is 487 g/mol. The summed E-state index contributed by atoms with van der Waals surface area (Å²) >= 11 is 7.10. The van der Waals surface area contributed by atoms with Crippen molar-refractivity contribution in [3.63, 3.8) is 0 Å². The number of nitrogens with one attached hydrogen (secondary N) is 1. The Labute approximate surface area is 191 Å². The van der Waals surface area contributed by atoms with Gasteiger partial charge in [-0.3, -0.25) is 9.69 Å². The van der Waals surface area contributed by atoms with Crippen molar-refractivity contribution in [2.75, 3.05) is 18.8 Å². The van der Waals surface area contributed by atoms with Crippen molar-refractivity contribution in [3.8, 4) is 16.9 Å². The zero-order valence-electron chi connectivity index (χ0n) is 17.3. The van der Waals surface area contributed by atoms with E-state index in [1.165, 1.54) is 24.3 Å². The fraction of sp³-hybridized carbons (Fsp3) is 0.318. The Balaban J connectivity index is 2.26. The maximum atomic E-state index is 13.4. The molecule has 0 radical (unpaired) electrons. The monoisotopic (exact) mass is 486 g/mol. The lowest BCUT2D eigenvalue weighted by atomic mass is 9.98. The molecular weight excluding hydrogens is 465 g/mol. The predicted molar refractivity (Wildman–Crippen MR) is 121 cm³/mol. The van der Waals surface area contributed by atoms with Gasteiger partial charge < -0.3 is 15.2 Å². The maximum Gasteiger partial charge on any atom is 0.416 e. The molecular formula is C22H22ClF3N2O3S. The second-order valence-electron chi connectivity index (χ2n) is 7.09. The maximum absolute atomic E-state index is 13.4. The van der Waals surface area contributed by atoms with Gasteiger partial charge in [0, 0.05) is 32.8 Å². The Bertz CT molecular complexity index is 1180. The van der Waals surface area contributed by atoms with Gasteiger partial charge in [-0.05, 0) is 49.5 Å². The van der Waals surface area contributed by atoms with Gasteiger partial charge in [0.2, 0.25) is 0 Å². The number of benzene rings is 2. The van der Waals surface area contributed by atoms with Gasteiger partial charge in [0.15, 0.2) is 0 Å². The first-order valence-electron chi connectivity index (χ1n) is 9.87. The molecule has 1 unspecified atom stereocenters. The number of alkyl halides is 3. The van der Waals surface area contributed by atoms with E-state index in [9.17, 15) is 28.2 Å². The number of aromatic hydroxyl groups is 1. The molecule has 1 atom stereocenters. The molecule has 0 aliphatic heterocycles. The Morgan fingerprint density at radius 1 is 1.16 bits per heavy atom. The second kappa shape index (κ2) is 9.74. The predicted octanol–water partition coefficient (Wildman–Crippen LogP) is 5.33. The molecule has 1 heterocycles. The van der Waals surface area contributed by atoms with Crippen LogP contribution < -0.4 is 5.56 Å². The molecule has 1 aromatic heterocycles. The molecule has 0 spiro atoms. The van der Waals surface area contributed by atoms with Crippen molar-refractivity contribution in [2.45, 2.75) is 31.1 Å². The van der Waals surface area contributed by atoms with E-state index in [0.29, 0.717) is 13.1 Å². The number of halogens is 4. The normalized spacial score (nSPS) is 13.1. The van der Waals surface area contributed by atoms with Crippen LogP contribution in [0.2, 0.25) is 5.02 Å². The topological polar surface area (TPSA) is 76.6 Å². The fourth-order valence-electron chi connectivity index (χ4n) is 3.47. The molecule has 3 N–H and O–H groups in total. The highest BCUT2D eigenvalue weighted by atomic mass is 35.5. The van der Waals surface area contributed by atoms with E-state index < -0.39 is 23.5 Å². The van der Waals surface area contributed by atoms with Gasteiger partial charge in [-0.25, -0.2) is 0 Å². The quantitative estimate of drug-likeness (QED) is 0.311. The van der Waals surface area contributed by atoms with Crippen LogP contribution in [0.15, 0.2) is 46.1 Å². The molecule has 10 heteroatoms. The summed E-state index contributed by atoms with van der Waals surface area (Å²) in [5.74, 6) is -0.131. The number of phenolic OH excluding ortho intramolecular Hbond substituents is 1. The number of aromatic amines is 1. The number of aliphatic hydroxyl groups excluding tert-OH is 1. The summed E-state index contributed by atoms with van der Waals surface area (Å²) in [5.41, 5.74) is -0.979. The van der Waals surface area contributed by atoms with E-state index in [0.717, 1.165) is 23.9 Å². The molecule has 172 valence electrons. The number of hydrogen-bond donors (Lipinski definition) is 3. The third kappa shape index (κ3) is 5.06. The molecule has 3 aromatic rings. The first-order chi connectivity index (χ1) is 15.1. The van der Waals surface area contributed by atoms with Gasteiger partial charge in [0.25, 0.3) is 5.56 Å². The fourth-order valence-corrected chi connectivity index (χ4v) is 4.72. The summed E-state index contributed by atoms with van der Waals surface area (Å²) in [5, 5.41) is 21.3. The lowest BCUT2D eigenvalue weighted by Gasteiger charge is -2.25. The van der Waals surface area contributed by atoms with Crippen LogP contribution in [0.25, 0.3) is 22.0 Å². The van der Waals surface area contributed by atoms with E-state index in [1.807, 2.05) is 13.8 Å². The lowest BCUT2D eigenvalue weighted by Crippen LogP contribution is -2.36. The molecule has 0 fully saturated rings. The Morgan fingerprint density at radius 3 is 2.47 bits per heavy atom. The highest BCUT2D eigenvalue weighted by Crippen LogP contribution is 2.42. The van der Waals surface area contributed by atoms with Crippen LogP contribution in [0, 0.1) is 0 Å². The summed E-state index contributed by atoms with van der Waals surface area (Å²) in [6.07, 6.45) is -5.46. The number of pyridine rings is 1. The zero-order chi connectivity index (χ0) is 23.6. The van der Waals surface area contributed by atoms with Gasteiger partial charge in [-0.2, -0.15) is 13.2 Å². The smallest absolute Gasteiger partial charge is 0.416 e. The minimum atomic E-state index is -4.59. The molecule has 0 saturated carbocycles. The molecule has 0 aliphatic carbocycles. The third-order valence-corrected chi connectivity index (χ3v) is 6.51. The number of hydrogen-bond acceptors (Lipinski definition) is 5. The molecule has 3 rings (SSSR count). The molecule has 0 bridgehead atoms. The minimum Gasteiger partial charge on any atom is -0.507 e. The highest BCUT2D eigenvalue weighted by Gasteiger charge is 2.31. The third-order valence-electron chi connectivity index (χ3n) is 5.14. The summed E-state index contributed by atoms with van der Waals surface area (Å²) in [6, 6.07) is 7.16. The number of H-pyrrole nitrogens is 1. The van der Waals surface area contributed by atoms with E-state index in [4.69, 9.17) is 11.6 Å². The van der Waals surface area contributed by atoms with Crippen molar-refractivity contribution in [2.24, 2.45) is 0 Å². The number of thioether (sulfide) groups is 1. The molecule has 0 aliphatic rings. The summed E-state index contributed by atoms with van der Waals surface area (Å²) < 4.78 is 40.2. The zero-order valence-corrected chi connectivity index (χ0v) is 18.9. The second-order valence-corrected chi connectivity index (χ2v) is 8.56. The van der Waals surface area contributed by atoms with Crippen LogP contribution in [0.3, 0.4) is 0 Å². The molecule has 0 saturated heterocycles. The van der Waals surface area contributed by atoms with Gasteiger partial charge in [0.05, 0.1) is 10.5 Å². The summed E-state index contributed by atoms with van der Waals surface area (Å²) in [6.45, 7) is 4.94. The number of aromatic nitrogens is 1. The Kier molecular flexibility index (Phi) is 7.44. The highest BCUT2D eigenvalue weighted by molar-refractivity contribution is 7.99. The number of phenols is 1. The summed E-state index contributed by atoms with van der Waals surface area (Å²) in [4.78, 5) is 17.4. The van der Waals surface area contributed by atoms with Crippen LogP contribution >= 0.6 is 23.4 Å². The van der Waals surface area contributed by atoms with Crippen molar-refractivity contribution in [3.05, 3.63) is 57.3 Å². The van der Waals surface area contributed by atoms with E-state index in [-0.39, 0.29) is 43.5 Å². The van der Waals surface area contributed by atoms with Crippen molar-refractivity contribution >= 4 is 34.3 Å². The number of aliphatic hydroxyl groups is 1. The van der Waals surface area contributed by atoms with E-state index in [1.54, 1.807) is 4.90 Å². The minimum absolute atomic E-state index is 0.0839. The van der Waals surface area contributed by atoms with Gasteiger partial charge >= 0.3 is 6.18 Å². The van der Waals surface area contributed by atoms with Crippen molar-refractivity contribution in [1.29, 1.82) is 0 Å².